The second-order valence-corrected chi connectivity index (χ2v) is 5.47. The molecule has 0 spiro atoms. The van der Waals surface area contributed by atoms with Crippen molar-refractivity contribution in [1.29, 1.82) is 0 Å². The zero-order chi connectivity index (χ0) is 18.7. The van der Waals surface area contributed by atoms with E-state index in [0.29, 0.717) is 0 Å². The minimum absolute atomic E-state index is 0. The predicted molar refractivity (Wildman–Crippen MR) is 82.5 cm³/mol. The fourth-order valence-electron chi connectivity index (χ4n) is 1.70. The molecule has 0 unspecified atom stereocenters. The number of carbonyl (C=O) groups excluding carboxylic acids is 2. The molecule has 0 saturated heterocycles. The summed E-state index contributed by atoms with van der Waals surface area (Å²) in [5.41, 5.74) is 5.82. The van der Waals surface area contributed by atoms with Crippen molar-refractivity contribution in [3.8, 4) is 11.5 Å². The molecule has 1 aliphatic heterocycles. The minimum Gasteiger partial charge on any atom is -0.663 e. The van der Waals surface area contributed by atoms with E-state index in [9.17, 15) is 18.4 Å². The second kappa shape index (κ2) is 9.25. The fraction of sp³-hybridized carbons (Fsp3) is 0.467. The first-order valence-corrected chi connectivity index (χ1v) is 7.17. The Morgan fingerprint density at radius 3 is 2.08 bits per heavy atom. The van der Waals surface area contributed by atoms with Crippen LogP contribution in [0.5, 0.6) is 11.5 Å². The Morgan fingerprint density at radius 2 is 1.64 bits per heavy atom. The van der Waals surface area contributed by atoms with Gasteiger partial charge in [-0.3, -0.25) is 5.32 Å². The van der Waals surface area contributed by atoms with Gasteiger partial charge in [0.25, 0.3) is 0 Å². The maximum absolute atomic E-state index is 13.0. The van der Waals surface area contributed by atoms with E-state index >= 15 is 0 Å². The van der Waals surface area contributed by atoms with Gasteiger partial charge in [-0.1, -0.05) is 13.8 Å². The third kappa shape index (κ3) is 7.16. The van der Waals surface area contributed by atoms with Gasteiger partial charge >= 0.3 is 70.6 Å². The van der Waals surface area contributed by atoms with Crippen molar-refractivity contribution in [1.82, 2.24) is 0 Å². The zero-order valence-electron chi connectivity index (χ0n) is 15.0. The number of hydrogen-bond donors (Lipinski definition) is 1. The van der Waals surface area contributed by atoms with Gasteiger partial charge in [-0.25, -0.2) is 4.79 Å². The van der Waals surface area contributed by atoms with Gasteiger partial charge in [0, 0.05) is 11.6 Å². The van der Waals surface area contributed by atoms with Crippen molar-refractivity contribution in [3.05, 3.63) is 23.4 Å². The number of anilines is 1. The van der Waals surface area contributed by atoms with Crippen LogP contribution in [0.4, 0.5) is 19.3 Å². The van der Waals surface area contributed by atoms with E-state index in [1.54, 1.807) is 20.8 Å². The summed E-state index contributed by atoms with van der Waals surface area (Å²) in [6, 6.07) is 1.88. The molecule has 2 rings (SSSR count). The van der Waals surface area contributed by atoms with Crippen LogP contribution in [0.2, 0.25) is 0 Å². The first-order valence-electron chi connectivity index (χ1n) is 7.17. The van der Waals surface area contributed by atoms with Crippen molar-refractivity contribution < 1.29 is 90.8 Å². The number of fused-ring (bicyclic) bond motifs is 1. The van der Waals surface area contributed by atoms with Crippen LogP contribution in [-0.4, -0.2) is 23.9 Å². The van der Waals surface area contributed by atoms with Crippen molar-refractivity contribution >= 4 is 17.7 Å². The van der Waals surface area contributed by atoms with E-state index in [-0.39, 0.29) is 75.2 Å². The van der Waals surface area contributed by atoms with Gasteiger partial charge in [-0.05, 0) is 26.8 Å². The number of rotatable bonds is 2. The molecule has 2 N–H and O–H groups in total. The smallest absolute Gasteiger partial charge is 0.663 e. The van der Waals surface area contributed by atoms with Crippen molar-refractivity contribution in [2.75, 3.05) is 5.32 Å². The topological polar surface area (TPSA) is 97.7 Å². The maximum Gasteiger partial charge on any atom is 1.00 e. The van der Waals surface area contributed by atoms with Crippen LogP contribution in [0.25, 0.3) is 5.73 Å². The molecule has 1 aromatic carbocycles. The standard InChI is InChI=1S/C13H14F2N2O5.C2H6.Rb/c1-12(2,3)22-11(19)17-7-5-9-8(4-6(7)10(16)18)20-13(14,15)21-9;1-2;/h4-5H,1-3H3,(H3,16,17,18,19);1-2H3;/q;;+1/p-1. The van der Waals surface area contributed by atoms with Crippen LogP contribution >= 0.6 is 0 Å². The Balaban J connectivity index is 0.00000185. The molecule has 0 aromatic heterocycles. The quantitative estimate of drug-likeness (QED) is 0.768. The van der Waals surface area contributed by atoms with Crippen LogP contribution in [0.1, 0.15) is 45.0 Å². The molecule has 0 aliphatic carbocycles. The summed E-state index contributed by atoms with van der Waals surface area (Å²) in [4.78, 5) is 23.0. The molecular weight excluding hydrogens is 412 g/mol. The van der Waals surface area contributed by atoms with Gasteiger partial charge in [-0.15, -0.1) is 8.78 Å². The van der Waals surface area contributed by atoms with Crippen LogP contribution in [-0.2, 0) is 4.74 Å². The first-order chi connectivity index (χ1) is 11.0. The van der Waals surface area contributed by atoms with Crippen molar-refractivity contribution in [3.63, 3.8) is 0 Å². The van der Waals surface area contributed by atoms with Crippen LogP contribution < -0.4 is 73.0 Å². The fourth-order valence-corrected chi connectivity index (χ4v) is 1.70. The molecule has 1 aliphatic rings. The molecule has 0 saturated carbocycles. The summed E-state index contributed by atoms with van der Waals surface area (Å²) in [6.45, 7) is 8.88. The number of nitrogens with one attached hydrogen (secondary N) is 2. The molecule has 7 nitrogen and oxygen atoms in total. The Morgan fingerprint density at radius 1 is 1.16 bits per heavy atom. The largest absolute Gasteiger partial charge is 1.00 e. The van der Waals surface area contributed by atoms with E-state index in [4.69, 9.17) is 10.5 Å². The summed E-state index contributed by atoms with van der Waals surface area (Å²) in [7, 11) is 0. The molecule has 0 fully saturated rings. The summed E-state index contributed by atoms with van der Waals surface area (Å²) < 4.78 is 39.4. The number of ether oxygens (including phenoxy) is 3. The molecule has 1 heterocycles. The van der Waals surface area contributed by atoms with E-state index in [1.165, 1.54) is 0 Å². The normalized spacial score (nSPS) is 13.7. The van der Waals surface area contributed by atoms with Crippen LogP contribution in [0.15, 0.2) is 12.1 Å². The van der Waals surface area contributed by atoms with Gasteiger partial charge < -0.3 is 24.7 Å². The monoisotopic (exact) mass is 430 g/mol. The average Bonchev–Trinajstić information content (AvgIpc) is 2.70. The van der Waals surface area contributed by atoms with Crippen LogP contribution in [0.3, 0.4) is 0 Å². The van der Waals surface area contributed by atoms with Gasteiger partial charge in [-0.2, -0.15) is 0 Å². The minimum atomic E-state index is -3.87. The molecule has 0 radical (unpaired) electrons. The summed E-state index contributed by atoms with van der Waals surface area (Å²) in [5.74, 6) is -1.94. The number of amides is 2. The number of alkyl halides is 2. The zero-order valence-corrected chi connectivity index (χ0v) is 19.9. The van der Waals surface area contributed by atoms with E-state index < -0.39 is 29.6 Å². The van der Waals surface area contributed by atoms with E-state index in [0.717, 1.165) is 12.1 Å². The molecule has 10 heteroatoms. The first kappa shape index (κ1) is 24.2. The SMILES string of the molecule is CC.CC(C)(C)OC(=O)Nc1cc2c(cc1C([NH-])=O)OC(F)(F)O2.[Rb+]. The van der Waals surface area contributed by atoms with Gasteiger partial charge in [0.2, 0.25) is 0 Å². The molecule has 0 atom stereocenters. The Hall–Kier alpha value is -0.775. The van der Waals surface area contributed by atoms with Gasteiger partial charge in [0.15, 0.2) is 11.5 Å². The Bertz CT molecular complexity index is 648. The van der Waals surface area contributed by atoms with Crippen LogP contribution in [0, 0.1) is 0 Å². The maximum atomic E-state index is 13.0. The molecule has 134 valence electrons. The summed E-state index contributed by atoms with van der Waals surface area (Å²) in [6.07, 6.45) is -4.77. The van der Waals surface area contributed by atoms with Crippen molar-refractivity contribution in [2.45, 2.75) is 46.5 Å². The third-order valence-corrected chi connectivity index (χ3v) is 2.42. The van der Waals surface area contributed by atoms with E-state index in [1.807, 2.05) is 13.8 Å². The molecule has 25 heavy (non-hydrogen) atoms. The molecular formula is C15H19F2N2O5Rb. The van der Waals surface area contributed by atoms with Crippen molar-refractivity contribution in [2.24, 2.45) is 0 Å². The van der Waals surface area contributed by atoms with Gasteiger partial charge in [0.1, 0.15) is 5.60 Å². The second-order valence-electron chi connectivity index (χ2n) is 5.47. The summed E-state index contributed by atoms with van der Waals surface area (Å²) >= 11 is 0. The summed E-state index contributed by atoms with van der Waals surface area (Å²) in [5, 5.41) is 2.22. The molecule has 1 aromatic rings. The third-order valence-electron chi connectivity index (χ3n) is 2.42. The average molecular weight is 431 g/mol. The number of carbonyl (C=O) groups is 2. The Labute approximate surface area is 193 Å². The predicted octanol–water partition coefficient (Wildman–Crippen LogP) is 1.58. The molecule has 2 amide bonds. The number of hydrogen-bond acceptors (Lipinski definition) is 5. The molecule has 0 bridgehead atoms. The van der Waals surface area contributed by atoms with Gasteiger partial charge in [0.05, 0.1) is 11.6 Å². The van der Waals surface area contributed by atoms with E-state index in [2.05, 4.69) is 14.8 Å². The number of halogens is 2. The number of benzene rings is 1. The Kier molecular flexibility index (Phi) is 8.96.